The molecule has 1 atom stereocenters. The Hall–Kier alpha value is -0.610. The van der Waals surface area contributed by atoms with Crippen LogP contribution in [0.1, 0.15) is 27.2 Å². The highest BCUT2D eigenvalue weighted by Gasteiger charge is 2.27. The van der Waals surface area contributed by atoms with Crippen LogP contribution in [0.3, 0.4) is 0 Å². The van der Waals surface area contributed by atoms with E-state index >= 15 is 0 Å². The third-order valence-electron chi connectivity index (χ3n) is 2.18. The van der Waals surface area contributed by atoms with Crippen molar-refractivity contribution in [3.05, 3.63) is 0 Å². The van der Waals surface area contributed by atoms with Gasteiger partial charge in [0, 0.05) is 6.54 Å². The van der Waals surface area contributed by atoms with Crippen molar-refractivity contribution >= 4 is 5.97 Å². The molecule has 0 fully saturated rings. The lowest BCUT2D eigenvalue weighted by Crippen LogP contribution is -2.46. The van der Waals surface area contributed by atoms with E-state index < -0.39 is 12.0 Å². The second-order valence-electron chi connectivity index (χ2n) is 3.79. The second-order valence-corrected chi connectivity index (χ2v) is 3.79. The maximum Gasteiger partial charge on any atom is 0.321 e. The number of hydrogen-bond donors (Lipinski definition) is 2. The number of carboxylic acids is 1. The van der Waals surface area contributed by atoms with Crippen LogP contribution in [0.2, 0.25) is 0 Å². The fourth-order valence-corrected chi connectivity index (χ4v) is 1.67. The average Bonchev–Trinajstić information content (AvgIpc) is 2.03. The van der Waals surface area contributed by atoms with Crippen LogP contribution in [0, 0.1) is 5.92 Å². The first-order valence-electron chi connectivity index (χ1n) is 5.12. The van der Waals surface area contributed by atoms with Gasteiger partial charge in [0.25, 0.3) is 0 Å². The maximum absolute atomic E-state index is 11.0. The largest absolute Gasteiger partial charge is 0.480 e. The highest BCUT2D eigenvalue weighted by atomic mass is 16.4. The number of hydrogen-bond acceptors (Lipinski definition) is 3. The van der Waals surface area contributed by atoms with Gasteiger partial charge in [-0.15, -0.1) is 0 Å². The lowest BCUT2D eigenvalue weighted by Gasteiger charge is -2.30. The minimum absolute atomic E-state index is 0.0104. The van der Waals surface area contributed by atoms with Gasteiger partial charge in [-0.2, -0.15) is 0 Å². The molecule has 0 saturated heterocycles. The predicted octanol–water partition coefficient (Wildman–Crippen LogP) is 0.800. The topological polar surface area (TPSA) is 60.8 Å². The van der Waals surface area contributed by atoms with Crippen LogP contribution in [0.25, 0.3) is 0 Å². The van der Waals surface area contributed by atoms with E-state index in [0.717, 1.165) is 13.0 Å². The van der Waals surface area contributed by atoms with Crippen molar-refractivity contribution in [3.8, 4) is 0 Å². The molecule has 0 amide bonds. The molecule has 0 heterocycles. The lowest BCUT2D eigenvalue weighted by atomic mass is 10.0. The molecular formula is C10H21NO3. The fraction of sp³-hybridized carbons (Fsp3) is 0.900. The molecule has 0 aliphatic rings. The Morgan fingerprint density at radius 3 is 2.21 bits per heavy atom. The normalized spacial score (nSPS) is 13.6. The molecular weight excluding hydrogens is 182 g/mol. The van der Waals surface area contributed by atoms with E-state index in [1.165, 1.54) is 0 Å². The van der Waals surface area contributed by atoms with E-state index in [-0.39, 0.29) is 12.5 Å². The number of aliphatic hydroxyl groups is 1. The van der Waals surface area contributed by atoms with Crippen LogP contribution in [0.4, 0.5) is 0 Å². The summed E-state index contributed by atoms with van der Waals surface area (Å²) in [6.07, 6.45) is 0.899. The summed E-state index contributed by atoms with van der Waals surface area (Å²) in [7, 11) is 0. The zero-order valence-electron chi connectivity index (χ0n) is 9.23. The molecule has 14 heavy (non-hydrogen) atoms. The SMILES string of the molecule is CCCN(CCO)C(C(=O)O)C(C)C. The van der Waals surface area contributed by atoms with Gasteiger partial charge in [0.1, 0.15) is 6.04 Å². The van der Waals surface area contributed by atoms with Crippen molar-refractivity contribution < 1.29 is 15.0 Å². The van der Waals surface area contributed by atoms with Gasteiger partial charge >= 0.3 is 5.97 Å². The third-order valence-corrected chi connectivity index (χ3v) is 2.18. The van der Waals surface area contributed by atoms with E-state index in [4.69, 9.17) is 10.2 Å². The van der Waals surface area contributed by atoms with Gasteiger partial charge in [-0.25, -0.2) is 0 Å². The molecule has 0 aromatic heterocycles. The predicted molar refractivity (Wildman–Crippen MR) is 55.2 cm³/mol. The van der Waals surface area contributed by atoms with Crippen molar-refractivity contribution in [1.29, 1.82) is 0 Å². The molecule has 0 aromatic rings. The summed E-state index contributed by atoms with van der Waals surface area (Å²) < 4.78 is 0. The van der Waals surface area contributed by atoms with Gasteiger partial charge in [-0.1, -0.05) is 20.8 Å². The first-order chi connectivity index (χ1) is 6.54. The third kappa shape index (κ3) is 4.07. The molecule has 0 saturated carbocycles. The van der Waals surface area contributed by atoms with Crippen LogP contribution >= 0.6 is 0 Å². The summed E-state index contributed by atoms with van der Waals surface area (Å²) in [4.78, 5) is 12.8. The molecule has 0 rings (SSSR count). The van der Waals surface area contributed by atoms with E-state index in [1.54, 1.807) is 0 Å². The summed E-state index contributed by atoms with van der Waals surface area (Å²) in [5, 5.41) is 17.9. The fourth-order valence-electron chi connectivity index (χ4n) is 1.67. The van der Waals surface area contributed by atoms with Gasteiger partial charge in [0.05, 0.1) is 6.61 Å². The first-order valence-corrected chi connectivity index (χ1v) is 5.12. The Bertz CT molecular complexity index is 165. The molecule has 0 spiro atoms. The second kappa shape index (κ2) is 6.79. The summed E-state index contributed by atoms with van der Waals surface area (Å²) >= 11 is 0. The molecule has 84 valence electrons. The molecule has 0 radical (unpaired) electrons. The Morgan fingerprint density at radius 2 is 1.93 bits per heavy atom. The van der Waals surface area contributed by atoms with Gasteiger partial charge < -0.3 is 10.2 Å². The van der Waals surface area contributed by atoms with Gasteiger partial charge in [0.15, 0.2) is 0 Å². The number of nitrogens with zero attached hydrogens (tertiary/aromatic N) is 1. The first kappa shape index (κ1) is 13.4. The van der Waals surface area contributed by atoms with Crippen LogP contribution < -0.4 is 0 Å². The van der Waals surface area contributed by atoms with E-state index in [1.807, 2.05) is 25.7 Å². The summed E-state index contributed by atoms with van der Waals surface area (Å²) in [5.41, 5.74) is 0. The number of aliphatic hydroxyl groups excluding tert-OH is 1. The molecule has 0 aliphatic carbocycles. The standard InChI is InChI=1S/C10H21NO3/c1-4-5-11(6-7-12)9(8(2)3)10(13)14/h8-9,12H,4-7H2,1-3H3,(H,13,14). The molecule has 0 aliphatic heterocycles. The summed E-state index contributed by atoms with van der Waals surface area (Å²) in [6.45, 7) is 6.94. The quantitative estimate of drug-likeness (QED) is 0.642. The molecule has 0 bridgehead atoms. The maximum atomic E-state index is 11.0. The summed E-state index contributed by atoms with van der Waals surface area (Å²) in [5.74, 6) is -0.743. The number of rotatable bonds is 7. The molecule has 0 aromatic carbocycles. The Balaban J connectivity index is 4.46. The van der Waals surface area contributed by atoms with E-state index in [9.17, 15) is 4.79 Å². The minimum Gasteiger partial charge on any atom is -0.480 e. The zero-order valence-corrected chi connectivity index (χ0v) is 9.23. The highest BCUT2D eigenvalue weighted by Crippen LogP contribution is 2.11. The lowest BCUT2D eigenvalue weighted by molar-refractivity contribution is -0.145. The Labute approximate surface area is 85.5 Å². The highest BCUT2D eigenvalue weighted by molar-refractivity contribution is 5.73. The van der Waals surface area contributed by atoms with Crippen molar-refractivity contribution in [2.75, 3.05) is 19.7 Å². The minimum atomic E-state index is -0.804. The van der Waals surface area contributed by atoms with Crippen LogP contribution in [0.5, 0.6) is 0 Å². The Morgan fingerprint density at radius 1 is 1.36 bits per heavy atom. The van der Waals surface area contributed by atoms with Crippen LogP contribution in [0.15, 0.2) is 0 Å². The summed E-state index contributed by atoms with van der Waals surface area (Å²) in [6, 6.07) is -0.484. The van der Waals surface area contributed by atoms with Crippen molar-refractivity contribution in [1.82, 2.24) is 4.90 Å². The Kier molecular flexibility index (Phi) is 6.49. The molecule has 4 heteroatoms. The number of carboxylic acid groups (broad SMARTS) is 1. The molecule has 1 unspecified atom stereocenters. The van der Waals surface area contributed by atoms with Crippen LogP contribution in [-0.2, 0) is 4.79 Å². The van der Waals surface area contributed by atoms with Gasteiger partial charge in [-0.05, 0) is 18.9 Å². The average molecular weight is 203 g/mol. The van der Waals surface area contributed by atoms with Gasteiger partial charge in [-0.3, -0.25) is 9.69 Å². The van der Waals surface area contributed by atoms with E-state index in [2.05, 4.69) is 0 Å². The molecule has 4 nitrogen and oxygen atoms in total. The molecule has 2 N–H and O–H groups in total. The smallest absolute Gasteiger partial charge is 0.321 e. The number of aliphatic carboxylic acids is 1. The van der Waals surface area contributed by atoms with E-state index in [0.29, 0.717) is 6.54 Å². The monoisotopic (exact) mass is 203 g/mol. The van der Waals surface area contributed by atoms with Crippen LogP contribution in [-0.4, -0.2) is 46.8 Å². The van der Waals surface area contributed by atoms with Crippen molar-refractivity contribution in [2.45, 2.75) is 33.2 Å². The zero-order chi connectivity index (χ0) is 11.1. The number of carbonyl (C=O) groups is 1. The van der Waals surface area contributed by atoms with Gasteiger partial charge in [0.2, 0.25) is 0 Å². The van der Waals surface area contributed by atoms with Crippen molar-refractivity contribution in [3.63, 3.8) is 0 Å². The van der Waals surface area contributed by atoms with Crippen molar-refractivity contribution in [2.24, 2.45) is 5.92 Å².